The molecular weight excluding hydrogens is 237 g/mol. The summed E-state index contributed by atoms with van der Waals surface area (Å²) < 4.78 is 37.2. The molecule has 3 N–H and O–H groups in total. The maximum Gasteiger partial charge on any atom is 0.408 e. The van der Waals surface area contributed by atoms with Crippen LogP contribution in [-0.4, -0.2) is 28.4 Å². The van der Waals surface area contributed by atoms with Crippen molar-refractivity contribution in [1.82, 2.24) is 15.1 Å². The molecule has 96 valence electrons. The van der Waals surface area contributed by atoms with Crippen LogP contribution in [0.15, 0.2) is 6.20 Å². The van der Waals surface area contributed by atoms with Crippen molar-refractivity contribution < 1.29 is 18.0 Å². The summed E-state index contributed by atoms with van der Waals surface area (Å²) in [5.41, 5.74) is 5.10. The van der Waals surface area contributed by atoms with Gasteiger partial charge in [0.15, 0.2) is 0 Å². The quantitative estimate of drug-likeness (QED) is 0.842. The second-order valence-electron chi connectivity index (χ2n) is 3.48. The van der Waals surface area contributed by atoms with E-state index in [0.29, 0.717) is 17.6 Å². The number of alkyl halides is 3. The molecule has 1 aromatic heterocycles. The van der Waals surface area contributed by atoms with Crippen LogP contribution in [0, 0.1) is 0 Å². The molecule has 0 aliphatic heterocycles. The first-order valence-electron chi connectivity index (χ1n) is 5.01. The maximum absolute atomic E-state index is 12.2. The van der Waals surface area contributed by atoms with Crippen molar-refractivity contribution in [2.45, 2.75) is 26.1 Å². The van der Waals surface area contributed by atoms with E-state index >= 15 is 0 Å². The van der Waals surface area contributed by atoms with Crippen LogP contribution in [0.25, 0.3) is 0 Å². The zero-order valence-corrected chi connectivity index (χ0v) is 9.21. The van der Waals surface area contributed by atoms with Crippen LogP contribution >= 0.6 is 0 Å². The van der Waals surface area contributed by atoms with Crippen molar-refractivity contribution in [3.63, 3.8) is 0 Å². The van der Waals surface area contributed by atoms with Crippen molar-refractivity contribution >= 4 is 11.6 Å². The van der Waals surface area contributed by atoms with Gasteiger partial charge < -0.3 is 11.1 Å². The minimum atomic E-state index is -4.45. The summed E-state index contributed by atoms with van der Waals surface area (Å²) in [6.07, 6.45) is -2.73. The van der Waals surface area contributed by atoms with Gasteiger partial charge in [-0.3, -0.25) is 4.79 Å². The SMILES string of the molecule is CCCNC(=O)c1c(N)cnn1CC(F)(F)F. The summed E-state index contributed by atoms with van der Waals surface area (Å²) in [5.74, 6) is -0.647. The van der Waals surface area contributed by atoms with E-state index in [1.165, 1.54) is 0 Å². The lowest BCUT2D eigenvalue weighted by molar-refractivity contribution is -0.142. The monoisotopic (exact) mass is 250 g/mol. The number of anilines is 1. The number of amides is 1. The smallest absolute Gasteiger partial charge is 0.396 e. The maximum atomic E-state index is 12.2. The summed E-state index contributed by atoms with van der Waals surface area (Å²) in [4.78, 5) is 11.6. The van der Waals surface area contributed by atoms with E-state index in [0.717, 1.165) is 6.20 Å². The van der Waals surface area contributed by atoms with Crippen LogP contribution in [0.1, 0.15) is 23.8 Å². The van der Waals surface area contributed by atoms with E-state index in [1.807, 2.05) is 6.92 Å². The van der Waals surface area contributed by atoms with Gasteiger partial charge in [0.1, 0.15) is 12.2 Å². The van der Waals surface area contributed by atoms with Gasteiger partial charge in [-0.2, -0.15) is 18.3 Å². The van der Waals surface area contributed by atoms with E-state index in [9.17, 15) is 18.0 Å². The van der Waals surface area contributed by atoms with Crippen LogP contribution in [0.2, 0.25) is 0 Å². The lowest BCUT2D eigenvalue weighted by Gasteiger charge is -2.10. The fourth-order valence-corrected chi connectivity index (χ4v) is 1.26. The predicted molar refractivity (Wildman–Crippen MR) is 55.3 cm³/mol. The number of hydrogen-bond acceptors (Lipinski definition) is 3. The van der Waals surface area contributed by atoms with E-state index in [-0.39, 0.29) is 11.4 Å². The van der Waals surface area contributed by atoms with Crippen LogP contribution in [0.4, 0.5) is 18.9 Å². The van der Waals surface area contributed by atoms with E-state index in [2.05, 4.69) is 10.4 Å². The Kier molecular flexibility index (Phi) is 3.97. The number of hydrogen-bond donors (Lipinski definition) is 2. The molecule has 0 saturated carbocycles. The average molecular weight is 250 g/mol. The molecule has 0 aliphatic rings. The van der Waals surface area contributed by atoms with E-state index in [1.54, 1.807) is 0 Å². The number of nitrogens with zero attached hydrogens (tertiary/aromatic N) is 2. The van der Waals surface area contributed by atoms with E-state index < -0.39 is 18.6 Å². The average Bonchev–Trinajstić information content (AvgIpc) is 2.54. The van der Waals surface area contributed by atoms with Crippen molar-refractivity contribution in [1.29, 1.82) is 0 Å². The predicted octanol–water partition coefficient (Wildman–Crippen LogP) is 1.17. The Morgan fingerprint density at radius 2 is 2.24 bits per heavy atom. The highest BCUT2D eigenvalue weighted by molar-refractivity contribution is 5.97. The summed E-state index contributed by atoms with van der Waals surface area (Å²) in [6, 6.07) is 0. The summed E-state index contributed by atoms with van der Waals surface area (Å²) in [7, 11) is 0. The standard InChI is InChI=1S/C9H13F3N4O/c1-2-3-14-8(17)7-6(13)4-15-16(7)5-9(10,11)12/h4H,2-3,5,13H2,1H3,(H,14,17). The largest absolute Gasteiger partial charge is 0.408 e. The number of rotatable bonds is 4. The fraction of sp³-hybridized carbons (Fsp3) is 0.556. The van der Waals surface area contributed by atoms with Crippen LogP contribution < -0.4 is 11.1 Å². The molecule has 5 nitrogen and oxygen atoms in total. The fourth-order valence-electron chi connectivity index (χ4n) is 1.26. The van der Waals surface area contributed by atoms with Gasteiger partial charge in [0, 0.05) is 6.54 Å². The Balaban J connectivity index is 2.90. The molecule has 1 heterocycles. The number of nitrogen functional groups attached to an aromatic ring is 1. The molecular formula is C9H13F3N4O. The highest BCUT2D eigenvalue weighted by Crippen LogP contribution is 2.20. The van der Waals surface area contributed by atoms with E-state index in [4.69, 9.17) is 5.73 Å². The summed E-state index contributed by atoms with van der Waals surface area (Å²) in [6.45, 7) is 0.866. The Morgan fingerprint density at radius 3 is 2.76 bits per heavy atom. The summed E-state index contributed by atoms with van der Waals surface area (Å²) >= 11 is 0. The molecule has 0 atom stereocenters. The second-order valence-corrected chi connectivity index (χ2v) is 3.48. The molecule has 0 aliphatic carbocycles. The van der Waals surface area contributed by atoms with Gasteiger partial charge in [0.2, 0.25) is 0 Å². The summed E-state index contributed by atoms with van der Waals surface area (Å²) in [5, 5.41) is 5.90. The first-order chi connectivity index (χ1) is 7.85. The van der Waals surface area contributed by atoms with Crippen LogP contribution in [0.5, 0.6) is 0 Å². The molecule has 0 fully saturated rings. The minimum absolute atomic E-state index is 0.0668. The molecule has 17 heavy (non-hydrogen) atoms. The molecule has 1 rings (SSSR count). The van der Waals surface area contributed by atoms with Gasteiger partial charge in [-0.15, -0.1) is 0 Å². The number of carbonyl (C=O) groups excluding carboxylic acids is 1. The number of carbonyl (C=O) groups is 1. The van der Waals surface area contributed by atoms with Gasteiger partial charge in [-0.05, 0) is 6.42 Å². The lowest BCUT2D eigenvalue weighted by atomic mass is 10.3. The van der Waals surface area contributed by atoms with Crippen molar-refractivity contribution in [3.8, 4) is 0 Å². The van der Waals surface area contributed by atoms with Crippen molar-refractivity contribution in [2.24, 2.45) is 0 Å². The third-order valence-electron chi connectivity index (χ3n) is 1.95. The van der Waals surface area contributed by atoms with Crippen molar-refractivity contribution in [2.75, 3.05) is 12.3 Å². The topological polar surface area (TPSA) is 72.9 Å². The van der Waals surface area contributed by atoms with Crippen LogP contribution in [0.3, 0.4) is 0 Å². The molecule has 0 aromatic carbocycles. The normalized spacial score (nSPS) is 11.5. The minimum Gasteiger partial charge on any atom is -0.396 e. The molecule has 0 radical (unpaired) electrons. The highest BCUT2D eigenvalue weighted by atomic mass is 19.4. The number of nitrogens with one attached hydrogen (secondary N) is 1. The van der Waals surface area contributed by atoms with Crippen molar-refractivity contribution in [3.05, 3.63) is 11.9 Å². The molecule has 0 saturated heterocycles. The Morgan fingerprint density at radius 1 is 1.59 bits per heavy atom. The van der Waals surface area contributed by atoms with Gasteiger partial charge in [-0.1, -0.05) is 6.92 Å². The molecule has 0 spiro atoms. The van der Waals surface area contributed by atoms with Gasteiger partial charge >= 0.3 is 6.18 Å². The van der Waals surface area contributed by atoms with Gasteiger partial charge in [-0.25, -0.2) is 4.68 Å². The number of halogens is 3. The first-order valence-corrected chi connectivity index (χ1v) is 5.01. The highest BCUT2D eigenvalue weighted by Gasteiger charge is 2.31. The molecule has 1 amide bonds. The Hall–Kier alpha value is -1.73. The third-order valence-corrected chi connectivity index (χ3v) is 1.95. The lowest BCUT2D eigenvalue weighted by Crippen LogP contribution is -2.30. The van der Waals surface area contributed by atoms with Gasteiger partial charge in [0.05, 0.1) is 11.9 Å². The number of nitrogens with two attached hydrogens (primary N) is 1. The molecule has 1 aromatic rings. The molecule has 0 unspecified atom stereocenters. The Bertz CT molecular complexity index is 399. The molecule has 0 bridgehead atoms. The Labute approximate surface area is 95.8 Å². The molecule has 8 heteroatoms. The van der Waals surface area contributed by atoms with Gasteiger partial charge in [0.25, 0.3) is 5.91 Å². The zero-order chi connectivity index (χ0) is 13.1. The first kappa shape index (κ1) is 13.3. The van der Waals surface area contributed by atoms with Crippen LogP contribution in [-0.2, 0) is 6.54 Å². The second kappa shape index (κ2) is 5.07. The zero-order valence-electron chi connectivity index (χ0n) is 9.21. The number of aromatic nitrogens is 2. The third kappa shape index (κ3) is 3.65.